The minimum atomic E-state index is 0.767. The van der Waals surface area contributed by atoms with Crippen LogP contribution in [-0.2, 0) is 4.74 Å². The highest BCUT2D eigenvalue weighted by Crippen LogP contribution is 2.24. The summed E-state index contributed by atoms with van der Waals surface area (Å²) in [5.74, 6) is 2.58. The van der Waals surface area contributed by atoms with E-state index in [1.165, 1.54) is 50.5 Å². The predicted octanol–water partition coefficient (Wildman–Crippen LogP) is 9.11. The van der Waals surface area contributed by atoms with Crippen LogP contribution in [0.4, 0.5) is 0 Å². The van der Waals surface area contributed by atoms with Gasteiger partial charge in [-0.05, 0) is 50.7 Å². The quantitative estimate of drug-likeness (QED) is 0.261. The fraction of sp³-hybridized carbons (Fsp3) is 0.760. The van der Waals surface area contributed by atoms with Crippen molar-refractivity contribution in [2.24, 2.45) is 11.8 Å². The molecule has 2 atom stereocenters. The van der Waals surface area contributed by atoms with Crippen molar-refractivity contribution >= 4 is 0 Å². The van der Waals surface area contributed by atoms with Gasteiger partial charge in [0, 0.05) is 0 Å². The van der Waals surface area contributed by atoms with Gasteiger partial charge in [0.15, 0.2) is 0 Å². The number of ether oxygens (including phenoxy) is 1. The molecule has 0 aliphatic heterocycles. The Morgan fingerprint density at radius 1 is 0.962 bits per heavy atom. The molecule has 0 aliphatic carbocycles. The largest absolute Gasteiger partial charge is 0.497 e. The third-order valence-electron chi connectivity index (χ3n) is 4.28. The van der Waals surface area contributed by atoms with Crippen LogP contribution in [0.2, 0.25) is 0 Å². The van der Waals surface area contributed by atoms with Crippen LogP contribution >= 0.6 is 0 Å². The number of rotatable bonds is 11. The summed E-state index contributed by atoms with van der Waals surface area (Å²) in [5, 5.41) is 0. The average Bonchev–Trinajstić information content (AvgIpc) is 2.66. The number of hydrogen-bond acceptors (Lipinski definition) is 1. The predicted molar refractivity (Wildman–Crippen MR) is 123 cm³/mol. The van der Waals surface area contributed by atoms with Crippen molar-refractivity contribution in [2.45, 2.75) is 107 Å². The summed E-state index contributed by atoms with van der Waals surface area (Å²) >= 11 is 0. The molecule has 156 valence electrons. The van der Waals surface area contributed by atoms with E-state index in [1.54, 1.807) is 7.11 Å². The van der Waals surface area contributed by atoms with Gasteiger partial charge in [-0.3, -0.25) is 0 Å². The summed E-state index contributed by atoms with van der Waals surface area (Å²) in [5.41, 5.74) is 1.43. The van der Waals surface area contributed by atoms with E-state index in [1.807, 2.05) is 32.9 Å². The van der Waals surface area contributed by atoms with E-state index in [2.05, 4.69) is 53.7 Å². The highest BCUT2D eigenvalue weighted by atomic mass is 16.5. The molecule has 0 bridgehead atoms. The Morgan fingerprint density at radius 2 is 1.54 bits per heavy atom. The first-order valence-corrected chi connectivity index (χ1v) is 11.0. The highest BCUT2D eigenvalue weighted by Gasteiger charge is 2.11. The summed E-state index contributed by atoms with van der Waals surface area (Å²) in [6, 6.07) is 0. The van der Waals surface area contributed by atoms with Gasteiger partial charge < -0.3 is 4.74 Å². The van der Waals surface area contributed by atoms with Crippen LogP contribution in [0.15, 0.2) is 35.6 Å². The molecule has 0 amide bonds. The summed E-state index contributed by atoms with van der Waals surface area (Å²) < 4.78 is 5.29. The number of hydrogen-bond donors (Lipinski definition) is 0. The van der Waals surface area contributed by atoms with E-state index in [-0.39, 0.29) is 0 Å². The molecular weight excluding hydrogens is 316 g/mol. The highest BCUT2D eigenvalue weighted by molar-refractivity contribution is 5.20. The molecule has 1 nitrogen and oxygen atoms in total. The van der Waals surface area contributed by atoms with E-state index in [4.69, 9.17) is 4.74 Å². The minimum Gasteiger partial charge on any atom is -0.497 e. The van der Waals surface area contributed by atoms with Gasteiger partial charge in [-0.15, -0.1) is 0 Å². The van der Waals surface area contributed by atoms with Gasteiger partial charge in [0.1, 0.15) is 5.76 Å². The molecule has 1 heteroatoms. The molecule has 0 saturated carbocycles. The Kier molecular flexibility index (Phi) is 27.5. The monoisotopic (exact) mass is 366 g/mol. The van der Waals surface area contributed by atoms with Gasteiger partial charge in [-0.25, -0.2) is 0 Å². The first-order chi connectivity index (χ1) is 12.5. The van der Waals surface area contributed by atoms with E-state index in [9.17, 15) is 0 Å². The van der Waals surface area contributed by atoms with Gasteiger partial charge in [0.05, 0.1) is 7.11 Å². The van der Waals surface area contributed by atoms with Crippen molar-refractivity contribution in [1.29, 1.82) is 0 Å². The van der Waals surface area contributed by atoms with E-state index in [0.29, 0.717) is 0 Å². The molecule has 0 radical (unpaired) electrons. The number of methoxy groups -OCH3 is 1. The molecule has 0 N–H and O–H groups in total. The van der Waals surface area contributed by atoms with Crippen LogP contribution in [0.25, 0.3) is 0 Å². The number of unbranched alkanes of at least 4 members (excludes halogenated alkanes) is 1. The smallest absolute Gasteiger partial charge is 0.118 e. The van der Waals surface area contributed by atoms with E-state index < -0.39 is 0 Å². The molecule has 0 aromatic heterocycles. The van der Waals surface area contributed by atoms with Crippen LogP contribution in [0.1, 0.15) is 107 Å². The van der Waals surface area contributed by atoms with Crippen molar-refractivity contribution in [3.8, 4) is 0 Å². The molecule has 0 aromatic carbocycles. The molecule has 0 rings (SSSR count). The molecule has 0 spiro atoms. The van der Waals surface area contributed by atoms with Gasteiger partial charge in [-0.1, -0.05) is 98.3 Å². The Bertz CT molecular complexity index is 347. The van der Waals surface area contributed by atoms with E-state index in [0.717, 1.165) is 17.6 Å². The molecule has 0 heterocycles. The van der Waals surface area contributed by atoms with Gasteiger partial charge >= 0.3 is 0 Å². The van der Waals surface area contributed by atoms with Crippen LogP contribution in [0.3, 0.4) is 0 Å². The molecule has 0 aliphatic rings. The number of allylic oxidation sites excluding steroid dienone is 5. The molecule has 26 heavy (non-hydrogen) atoms. The molecule has 0 fully saturated rings. The molecule has 0 saturated heterocycles. The first kappa shape index (κ1) is 29.8. The minimum absolute atomic E-state index is 0.767. The summed E-state index contributed by atoms with van der Waals surface area (Å²) in [6.07, 6.45) is 17.4. The summed E-state index contributed by atoms with van der Waals surface area (Å²) in [7, 11) is 1.72. The average molecular weight is 367 g/mol. The topological polar surface area (TPSA) is 9.23 Å². The maximum atomic E-state index is 5.29. The van der Waals surface area contributed by atoms with Crippen molar-refractivity contribution in [3.63, 3.8) is 0 Å². The van der Waals surface area contributed by atoms with E-state index >= 15 is 0 Å². The first-order valence-electron chi connectivity index (χ1n) is 11.0. The summed E-state index contributed by atoms with van der Waals surface area (Å²) in [4.78, 5) is 0. The lowest BCUT2D eigenvalue weighted by molar-refractivity contribution is 0.307. The van der Waals surface area contributed by atoms with Crippen LogP contribution in [0.5, 0.6) is 0 Å². The lowest BCUT2D eigenvalue weighted by Crippen LogP contribution is -2.06. The third kappa shape index (κ3) is 21.1. The lowest BCUT2D eigenvalue weighted by atomic mass is 9.87. The lowest BCUT2D eigenvalue weighted by Gasteiger charge is -2.19. The molecule has 0 aromatic rings. The maximum Gasteiger partial charge on any atom is 0.118 e. The second kappa shape index (κ2) is 24.0. The second-order valence-corrected chi connectivity index (χ2v) is 6.89. The zero-order valence-corrected chi connectivity index (χ0v) is 19.8. The van der Waals surface area contributed by atoms with Gasteiger partial charge in [-0.2, -0.15) is 0 Å². The van der Waals surface area contributed by atoms with Gasteiger partial charge in [0.2, 0.25) is 0 Å². The maximum absolute atomic E-state index is 5.29. The van der Waals surface area contributed by atoms with Crippen LogP contribution in [-0.4, -0.2) is 7.11 Å². The summed E-state index contributed by atoms with van der Waals surface area (Å²) in [6.45, 7) is 19.6. The fourth-order valence-electron chi connectivity index (χ4n) is 2.75. The van der Waals surface area contributed by atoms with Crippen LogP contribution in [0, 0.1) is 11.8 Å². The Balaban J connectivity index is -0.000000769. The van der Waals surface area contributed by atoms with Gasteiger partial charge in [0.25, 0.3) is 0 Å². The van der Waals surface area contributed by atoms with Crippen LogP contribution < -0.4 is 0 Å². The third-order valence-corrected chi connectivity index (χ3v) is 4.28. The van der Waals surface area contributed by atoms with Crippen molar-refractivity contribution in [1.82, 2.24) is 0 Å². The zero-order chi connectivity index (χ0) is 20.8. The Morgan fingerprint density at radius 3 is 1.92 bits per heavy atom. The SMILES string of the molecule is CC.CCCC.C\C=C/C(=C\C=C(/C)CC(C)CC(CC)CCC)OC. The molecular formula is C25H50O. The Hall–Kier alpha value is -0.980. The zero-order valence-electron chi connectivity index (χ0n) is 19.8. The Labute approximate surface area is 167 Å². The van der Waals surface area contributed by atoms with Crippen molar-refractivity contribution in [3.05, 3.63) is 35.6 Å². The fourth-order valence-corrected chi connectivity index (χ4v) is 2.75. The second-order valence-electron chi connectivity index (χ2n) is 6.89. The van der Waals surface area contributed by atoms with Crippen molar-refractivity contribution in [2.75, 3.05) is 7.11 Å². The standard InChI is InChI=1S/C19H34O.C4H10.C2H6/c1-7-10-18(9-3)15-17(5)14-16(4)12-13-19(20-6)11-8-2;1-3-4-2;1-2/h8,11-13,17-18H,7,9-10,14-15H2,1-6H3;3-4H2,1-2H3;1-2H3/b11-8-,16-12+,19-13+;;. The molecule has 2 unspecified atom stereocenters. The van der Waals surface area contributed by atoms with Crippen molar-refractivity contribution < 1.29 is 4.74 Å². The normalized spacial score (nSPS) is 14.1.